The van der Waals surface area contributed by atoms with E-state index in [1.165, 1.54) is 91.3 Å². The van der Waals surface area contributed by atoms with Gasteiger partial charge in [0.2, 0.25) is 0 Å². The number of hydrogen-bond acceptors (Lipinski definition) is 1. The molecule has 12 aromatic rings. The average Bonchev–Trinajstić information content (AvgIpc) is 3.93. The summed E-state index contributed by atoms with van der Waals surface area (Å²) in [5.41, 5.74) is 10.7. The molecule has 0 amide bonds. The van der Waals surface area contributed by atoms with Crippen molar-refractivity contribution >= 4 is 96.9 Å². The Bertz CT molecular complexity index is 3410. The lowest BCUT2D eigenvalue weighted by Crippen LogP contribution is -1.97. The summed E-state index contributed by atoms with van der Waals surface area (Å²) in [4.78, 5) is 0. The van der Waals surface area contributed by atoms with E-state index in [-0.39, 0.29) is 0 Å². The number of benzene rings is 8. The van der Waals surface area contributed by atoms with Crippen LogP contribution in [0.1, 0.15) is 0 Å². The van der Waals surface area contributed by atoms with E-state index in [9.17, 15) is 0 Å². The van der Waals surface area contributed by atoms with E-state index >= 15 is 0 Å². The van der Waals surface area contributed by atoms with E-state index in [4.69, 9.17) is 0 Å². The Balaban J connectivity index is 1.18. The first-order chi connectivity index (χ1) is 25.8. The minimum absolute atomic E-state index is 1.15. The van der Waals surface area contributed by atoms with Gasteiger partial charge in [0.1, 0.15) is 0 Å². The van der Waals surface area contributed by atoms with Crippen LogP contribution < -0.4 is 0 Å². The lowest BCUT2D eigenvalue weighted by molar-refractivity contribution is 1.15. The summed E-state index contributed by atoms with van der Waals surface area (Å²) in [7, 11) is 0. The van der Waals surface area contributed by atoms with E-state index in [0.29, 0.717) is 0 Å². The third-order valence-corrected chi connectivity index (χ3v) is 12.2. The highest BCUT2D eigenvalue weighted by atomic mass is 32.1. The number of aromatic nitrogens is 3. The zero-order valence-electron chi connectivity index (χ0n) is 28.0. The summed E-state index contributed by atoms with van der Waals surface area (Å²) in [6, 6.07) is 64.8. The van der Waals surface area contributed by atoms with E-state index in [2.05, 4.69) is 190 Å². The lowest BCUT2D eigenvalue weighted by atomic mass is 10.1. The van der Waals surface area contributed by atoms with E-state index in [1.54, 1.807) is 0 Å². The van der Waals surface area contributed by atoms with Crippen molar-refractivity contribution < 1.29 is 0 Å². The minimum atomic E-state index is 1.15. The molecule has 12 rings (SSSR count). The molecule has 0 radical (unpaired) electrons. The molecule has 0 saturated carbocycles. The molecule has 8 aromatic carbocycles. The second-order valence-electron chi connectivity index (χ2n) is 13.8. The van der Waals surface area contributed by atoms with Crippen LogP contribution in [0, 0.1) is 0 Å². The topological polar surface area (TPSA) is 14.8 Å². The summed E-state index contributed by atoms with van der Waals surface area (Å²) in [6.45, 7) is 0. The molecule has 0 unspecified atom stereocenters. The second-order valence-corrected chi connectivity index (χ2v) is 14.8. The maximum atomic E-state index is 2.47. The Morgan fingerprint density at radius 1 is 0.250 bits per heavy atom. The molecule has 0 fully saturated rings. The van der Waals surface area contributed by atoms with Crippen LogP contribution in [0.3, 0.4) is 0 Å². The molecule has 0 aliphatic rings. The number of nitrogens with zero attached hydrogens (tertiary/aromatic N) is 3. The van der Waals surface area contributed by atoms with Crippen molar-refractivity contribution in [2.45, 2.75) is 0 Å². The van der Waals surface area contributed by atoms with Crippen molar-refractivity contribution in [3.8, 4) is 17.1 Å². The maximum absolute atomic E-state index is 2.47. The van der Waals surface area contributed by atoms with Crippen LogP contribution in [0.5, 0.6) is 0 Å². The first-order valence-corrected chi connectivity index (χ1v) is 18.6. The molecular formula is C48H29N3S. The molecule has 4 aromatic heterocycles. The van der Waals surface area contributed by atoms with Gasteiger partial charge in [-0.2, -0.15) is 0 Å². The summed E-state index contributed by atoms with van der Waals surface area (Å²) in [5.74, 6) is 0. The first kappa shape index (κ1) is 28.1. The smallest absolute Gasteiger partial charge is 0.0562 e. The van der Waals surface area contributed by atoms with Gasteiger partial charge < -0.3 is 13.7 Å². The van der Waals surface area contributed by atoms with E-state index in [0.717, 1.165) is 11.4 Å². The number of thiophene rings is 1. The van der Waals surface area contributed by atoms with E-state index < -0.39 is 0 Å². The Kier molecular flexibility index (Phi) is 5.65. The molecule has 0 aliphatic heterocycles. The van der Waals surface area contributed by atoms with Crippen LogP contribution >= 0.6 is 11.3 Å². The highest BCUT2D eigenvalue weighted by Crippen LogP contribution is 2.42. The molecule has 0 aliphatic carbocycles. The minimum Gasteiger partial charge on any atom is -0.309 e. The Morgan fingerprint density at radius 2 is 0.712 bits per heavy atom. The van der Waals surface area contributed by atoms with Gasteiger partial charge >= 0.3 is 0 Å². The summed E-state index contributed by atoms with van der Waals surface area (Å²) in [6.07, 6.45) is 0. The Labute approximate surface area is 302 Å². The Hall–Kier alpha value is -6.62. The average molecular weight is 680 g/mol. The normalized spacial score (nSPS) is 12.2. The van der Waals surface area contributed by atoms with Gasteiger partial charge in [-0.1, -0.05) is 97.1 Å². The van der Waals surface area contributed by atoms with Crippen molar-refractivity contribution in [2.24, 2.45) is 0 Å². The molecule has 4 heterocycles. The van der Waals surface area contributed by atoms with Crippen molar-refractivity contribution in [2.75, 3.05) is 0 Å². The van der Waals surface area contributed by atoms with Crippen LogP contribution in [0.4, 0.5) is 0 Å². The third kappa shape index (κ3) is 3.79. The quantitative estimate of drug-likeness (QED) is 0.177. The van der Waals surface area contributed by atoms with Crippen molar-refractivity contribution in [1.29, 1.82) is 0 Å². The molecule has 0 bridgehead atoms. The predicted octanol–water partition coefficient (Wildman–Crippen LogP) is 13.3. The molecular weight excluding hydrogens is 651 g/mol. The molecule has 4 heteroatoms. The molecule has 52 heavy (non-hydrogen) atoms. The number of fused-ring (bicyclic) bond motifs is 12. The number of hydrogen-bond donors (Lipinski definition) is 0. The number of para-hydroxylation sites is 4. The lowest BCUT2D eigenvalue weighted by Gasteiger charge is -2.12. The van der Waals surface area contributed by atoms with Crippen LogP contribution in [-0.4, -0.2) is 13.7 Å². The molecule has 0 N–H and O–H groups in total. The van der Waals surface area contributed by atoms with Gasteiger partial charge in [0.15, 0.2) is 0 Å². The SMILES string of the molecule is c1ccc(-n2c3ccccc3c3ccc(-n4c5ccccc5c5cc6c7ccccc7n(-c7ccc8sc9ccccc9c8c7)c6cc54)cc32)cc1. The zero-order valence-corrected chi connectivity index (χ0v) is 28.8. The number of rotatable bonds is 3. The van der Waals surface area contributed by atoms with E-state index in [1.807, 2.05) is 11.3 Å². The second kappa shape index (κ2) is 10.5. The highest BCUT2D eigenvalue weighted by Gasteiger charge is 2.20. The maximum Gasteiger partial charge on any atom is 0.0562 e. The summed E-state index contributed by atoms with van der Waals surface area (Å²) in [5, 5.41) is 10.2. The summed E-state index contributed by atoms with van der Waals surface area (Å²) < 4.78 is 9.98. The van der Waals surface area contributed by atoms with Gasteiger partial charge in [0.25, 0.3) is 0 Å². The first-order valence-electron chi connectivity index (χ1n) is 17.8. The fourth-order valence-corrected chi connectivity index (χ4v) is 9.88. The van der Waals surface area contributed by atoms with Gasteiger partial charge in [-0.3, -0.25) is 0 Å². The standard InChI is InChI=1S/C48H29N3S/c1-2-12-30(13-3-1)49-41-18-8-4-14-33(41)36-24-22-32(27-44(36)49)51-43-20-10-6-16-35(43)39-28-38-34-15-5-9-19-42(34)50(45(38)29-46(39)51)31-23-25-48-40(26-31)37-17-7-11-21-47(37)52-48/h1-29H. The van der Waals surface area contributed by atoms with Crippen molar-refractivity contribution in [1.82, 2.24) is 13.7 Å². The highest BCUT2D eigenvalue weighted by molar-refractivity contribution is 7.25. The summed E-state index contributed by atoms with van der Waals surface area (Å²) >= 11 is 1.87. The van der Waals surface area contributed by atoms with Crippen molar-refractivity contribution in [3.05, 3.63) is 176 Å². The zero-order chi connectivity index (χ0) is 33.9. The fourth-order valence-electron chi connectivity index (χ4n) is 8.79. The van der Waals surface area contributed by atoms with Crippen LogP contribution in [0.15, 0.2) is 176 Å². The molecule has 0 atom stereocenters. The molecule has 0 saturated heterocycles. The molecule has 242 valence electrons. The van der Waals surface area contributed by atoms with Crippen LogP contribution in [0.2, 0.25) is 0 Å². The largest absolute Gasteiger partial charge is 0.309 e. The predicted molar refractivity (Wildman–Crippen MR) is 222 cm³/mol. The van der Waals surface area contributed by atoms with Gasteiger partial charge in [-0.05, 0) is 78.9 Å². The molecule has 0 spiro atoms. The van der Waals surface area contributed by atoms with Gasteiger partial charge in [-0.25, -0.2) is 0 Å². The van der Waals surface area contributed by atoms with Crippen LogP contribution in [-0.2, 0) is 0 Å². The van der Waals surface area contributed by atoms with Crippen LogP contribution in [0.25, 0.3) is 103 Å². The Morgan fingerprint density at radius 3 is 1.38 bits per heavy atom. The third-order valence-electron chi connectivity index (χ3n) is 11.0. The monoisotopic (exact) mass is 679 g/mol. The molecule has 3 nitrogen and oxygen atoms in total. The van der Waals surface area contributed by atoms with Gasteiger partial charge in [0, 0.05) is 69.6 Å². The fraction of sp³-hybridized carbons (Fsp3) is 0. The van der Waals surface area contributed by atoms with Gasteiger partial charge in [-0.15, -0.1) is 11.3 Å². The van der Waals surface area contributed by atoms with Crippen molar-refractivity contribution in [3.63, 3.8) is 0 Å². The van der Waals surface area contributed by atoms with Gasteiger partial charge in [0.05, 0.1) is 33.1 Å².